The van der Waals surface area contributed by atoms with Crippen LogP contribution in [0.5, 0.6) is 0 Å². The van der Waals surface area contributed by atoms with Crippen molar-refractivity contribution in [1.82, 2.24) is 0 Å². The maximum Gasteiger partial charge on any atom is 0.150 e. The fraction of sp³-hybridized carbons (Fsp3) is 0.250. The number of hydrogen-bond acceptors (Lipinski definition) is 2. The molecule has 0 radical (unpaired) electrons. The van der Waals surface area contributed by atoms with Crippen LogP contribution < -0.4 is 5.73 Å². The summed E-state index contributed by atoms with van der Waals surface area (Å²) >= 11 is 0. The van der Waals surface area contributed by atoms with Gasteiger partial charge in [0.2, 0.25) is 0 Å². The van der Waals surface area contributed by atoms with Crippen LogP contribution >= 0.6 is 0 Å². The fourth-order valence-corrected chi connectivity index (χ4v) is 1.24. The molecule has 0 spiro atoms. The highest BCUT2D eigenvalue weighted by atomic mass is 16.1. The third-order valence-corrected chi connectivity index (χ3v) is 2.26. The lowest BCUT2D eigenvalue weighted by molar-refractivity contribution is -0.104. The smallest absolute Gasteiger partial charge is 0.150 e. The van der Waals surface area contributed by atoms with Crippen molar-refractivity contribution in [2.75, 3.05) is 0 Å². The molecule has 0 aliphatic heterocycles. The van der Waals surface area contributed by atoms with Gasteiger partial charge in [0.1, 0.15) is 6.29 Å². The van der Waals surface area contributed by atoms with Crippen LogP contribution in [0, 0.1) is 0 Å². The molecule has 2 N–H and O–H groups in total. The zero-order valence-corrected chi connectivity index (χ0v) is 8.20. The monoisotopic (exact) mass is 189 g/mol. The Balaban J connectivity index is 2.79. The molecule has 0 aromatic carbocycles. The number of allylic oxidation sites excluding steroid dienone is 6. The Morgan fingerprint density at radius 2 is 2.07 bits per heavy atom. The van der Waals surface area contributed by atoms with Gasteiger partial charge in [-0.05, 0) is 30.9 Å². The second-order valence-corrected chi connectivity index (χ2v) is 3.29. The highest BCUT2D eigenvalue weighted by molar-refractivity contribution is 5.79. The molecule has 0 amide bonds. The summed E-state index contributed by atoms with van der Waals surface area (Å²) < 4.78 is 0. The van der Waals surface area contributed by atoms with Gasteiger partial charge in [-0.1, -0.05) is 24.3 Å². The molecule has 1 aliphatic carbocycles. The van der Waals surface area contributed by atoms with Gasteiger partial charge in [-0.25, -0.2) is 0 Å². The van der Waals surface area contributed by atoms with Crippen LogP contribution in [0.3, 0.4) is 0 Å². The number of aldehydes is 1. The summed E-state index contributed by atoms with van der Waals surface area (Å²) in [4.78, 5) is 10.7. The first-order chi connectivity index (χ1) is 6.80. The molecule has 0 unspecified atom stereocenters. The Morgan fingerprint density at radius 1 is 1.36 bits per heavy atom. The van der Waals surface area contributed by atoms with Gasteiger partial charge in [0, 0.05) is 11.8 Å². The highest BCUT2D eigenvalue weighted by Gasteiger charge is 2.08. The Labute approximate surface area is 84.5 Å². The average Bonchev–Trinajstić information content (AvgIpc) is 2.16. The van der Waals surface area contributed by atoms with Crippen molar-refractivity contribution < 1.29 is 4.79 Å². The molecule has 0 aromatic rings. The van der Waals surface area contributed by atoms with E-state index in [1.165, 1.54) is 18.2 Å². The van der Waals surface area contributed by atoms with Crippen LogP contribution in [0.1, 0.15) is 19.3 Å². The minimum Gasteiger partial charge on any atom is -0.404 e. The van der Waals surface area contributed by atoms with Crippen molar-refractivity contribution in [3.63, 3.8) is 0 Å². The molecule has 1 saturated carbocycles. The van der Waals surface area contributed by atoms with E-state index in [1.807, 2.05) is 6.08 Å². The van der Waals surface area contributed by atoms with Crippen molar-refractivity contribution in [2.24, 2.45) is 5.73 Å². The highest BCUT2D eigenvalue weighted by Crippen LogP contribution is 2.26. The summed E-state index contributed by atoms with van der Waals surface area (Å²) in [5, 5.41) is 0. The van der Waals surface area contributed by atoms with E-state index in [4.69, 9.17) is 5.73 Å². The Morgan fingerprint density at radius 3 is 2.43 bits per heavy atom. The third kappa shape index (κ3) is 2.73. The number of carbonyl (C=O) groups is 1. The zero-order valence-electron chi connectivity index (χ0n) is 8.20. The molecule has 2 nitrogen and oxygen atoms in total. The second-order valence-electron chi connectivity index (χ2n) is 3.29. The van der Waals surface area contributed by atoms with Crippen LogP contribution in [-0.4, -0.2) is 6.29 Å². The minimum absolute atomic E-state index is 0.663. The van der Waals surface area contributed by atoms with Crippen molar-refractivity contribution >= 4 is 6.29 Å². The van der Waals surface area contributed by atoms with Crippen molar-refractivity contribution in [1.29, 1.82) is 0 Å². The molecule has 14 heavy (non-hydrogen) atoms. The number of carbonyl (C=O) groups excluding carboxylic acids is 1. The van der Waals surface area contributed by atoms with Gasteiger partial charge < -0.3 is 5.73 Å². The molecule has 2 heteroatoms. The number of rotatable bonds is 4. The lowest BCUT2D eigenvalue weighted by atomic mass is 9.90. The first-order valence-corrected chi connectivity index (χ1v) is 4.71. The first-order valence-electron chi connectivity index (χ1n) is 4.71. The van der Waals surface area contributed by atoms with Gasteiger partial charge in [-0.2, -0.15) is 0 Å². The van der Waals surface area contributed by atoms with E-state index in [2.05, 4.69) is 6.58 Å². The number of hydrogen-bond donors (Lipinski definition) is 1. The standard InChI is InChI=1S/C12H15NO/c1-2-10(8-13)6-12(9-14)7-11-4-3-5-11/h2,6-9H,1,3-5,13H2/b10-8-,12-6+. The van der Waals surface area contributed by atoms with E-state index in [9.17, 15) is 4.79 Å². The van der Waals surface area contributed by atoms with Gasteiger partial charge in [0.25, 0.3) is 0 Å². The van der Waals surface area contributed by atoms with Crippen molar-refractivity contribution in [3.05, 3.63) is 47.7 Å². The number of nitrogens with two attached hydrogens (primary N) is 1. The quantitative estimate of drug-likeness (QED) is 0.418. The maximum absolute atomic E-state index is 10.7. The molecule has 74 valence electrons. The van der Waals surface area contributed by atoms with E-state index < -0.39 is 0 Å². The van der Waals surface area contributed by atoms with Gasteiger partial charge >= 0.3 is 0 Å². The van der Waals surface area contributed by atoms with Gasteiger partial charge in [-0.3, -0.25) is 4.79 Å². The summed E-state index contributed by atoms with van der Waals surface area (Å²) in [5.74, 6) is 0. The van der Waals surface area contributed by atoms with E-state index in [0.29, 0.717) is 5.57 Å². The van der Waals surface area contributed by atoms with Crippen molar-refractivity contribution in [3.8, 4) is 0 Å². The normalized spacial score (nSPS) is 17.3. The fourth-order valence-electron chi connectivity index (χ4n) is 1.24. The van der Waals surface area contributed by atoms with Gasteiger partial charge in [0.05, 0.1) is 0 Å². The summed E-state index contributed by atoms with van der Waals surface area (Å²) in [6.07, 6.45) is 11.0. The molecular formula is C12H15NO. The molecule has 1 aliphatic rings. The topological polar surface area (TPSA) is 43.1 Å². The average molecular weight is 189 g/mol. The van der Waals surface area contributed by atoms with E-state index in [1.54, 1.807) is 12.2 Å². The first kappa shape index (κ1) is 10.5. The minimum atomic E-state index is 0.663. The van der Waals surface area contributed by atoms with Crippen LogP contribution in [0.4, 0.5) is 0 Å². The molecule has 0 aromatic heterocycles. The Hall–Kier alpha value is -1.57. The summed E-state index contributed by atoms with van der Waals surface area (Å²) in [6, 6.07) is 0. The van der Waals surface area contributed by atoms with Crippen LogP contribution in [0.15, 0.2) is 47.7 Å². The van der Waals surface area contributed by atoms with Crippen LogP contribution in [-0.2, 0) is 4.79 Å². The van der Waals surface area contributed by atoms with E-state index in [-0.39, 0.29) is 0 Å². The molecule has 0 bridgehead atoms. The molecule has 1 fully saturated rings. The van der Waals surface area contributed by atoms with Gasteiger partial charge in [-0.15, -0.1) is 0 Å². The Kier molecular flexibility index (Phi) is 3.92. The zero-order chi connectivity index (χ0) is 10.4. The van der Waals surface area contributed by atoms with E-state index >= 15 is 0 Å². The molecule has 1 rings (SSSR count). The molecule has 0 heterocycles. The predicted octanol–water partition coefficient (Wildman–Crippen LogP) is 2.25. The second kappa shape index (κ2) is 5.22. The molecule has 0 atom stereocenters. The van der Waals surface area contributed by atoms with E-state index in [0.717, 1.165) is 24.7 Å². The SMILES string of the molecule is C=CC(=C/N)/C=C(/C=O)C=C1CCC1. The molecular weight excluding hydrogens is 174 g/mol. The molecule has 0 saturated heterocycles. The maximum atomic E-state index is 10.7. The third-order valence-electron chi connectivity index (χ3n) is 2.26. The summed E-state index contributed by atoms with van der Waals surface area (Å²) in [7, 11) is 0. The lowest BCUT2D eigenvalue weighted by Crippen LogP contribution is -1.97. The predicted molar refractivity (Wildman–Crippen MR) is 58.5 cm³/mol. The summed E-state index contributed by atoms with van der Waals surface area (Å²) in [6.45, 7) is 3.60. The Bertz CT molecular complexity index is 315. The van der Waals surface area contributed by atoms with Gasteiger partial charge in [0.15, 0.2) is 0 Å². The largest absolute Gasteiger partial charge is 0.404 e. The lowest BCUT2D eigenvalue weighted by Gasteiger charge is -2.15. The van der Waals surface area contributed by atoms with Crippen LogP contribution in [0.25, 0.3) is 0 Å². The van der Waals surface area contributed by atoms with Crippen LogP contribution in [0.2, 0.25) is 0 Å². The van der Waals surface area contributed by atoms with Crippen molar-refractivity contribution in [2.45, 2.75) is 19.3 Å². The summed E-state index contributed by atoms with van der Waals surface area (Å²) in [5.41, 5.74) is 8.12.